The van der Waals surface area contributed by atoms with E-state index in [0.717, 1.165) is 49.7 Å². The lowest BCUT2D eigenvalue weighted by Crippen LogP contribution is -2.48. The Morgan fingerprint density at radius 3 is 3.00 bits per heavy atom. The highest BCUT2D eigenvalue weighted by Crippen LogP contribution is 2.43. The summed E-state index contributed by atoms with van der Waals surface area (Å²) >= 11 is 0. The van der Waals surface area contributed by atoms with Crippen LogP contribution in [-0.4, -0.2) is 29.8 Å². The molecule has 0 radical (unpaired) electrons. The molecule has 1 aliphatic carbocycles. The molecule has 1 atom stereocenters. The number of aryl methyl sites for hydroxylation is 1. The lowest BCUT2D eigenvalue weighted by atomic mass is 9.74. The second kappa shape index (κ2) is 6.32. The van der Waals surface area contributed by atoms with E-state index in [0.29, 0.717) is 0 Å². The third-order valence-corrected chi connectivity index (χ3v) is 4.62. The first kappa shape index (κ1) is 14.8. The van der Waals surface area contributed by atoms with Crippen LogP contribution in [0.5, 0.6) is 5.75 Å². The minimum absolute atomic E-state index is 0.128. The monoisotopic (exact) mass is 290 g/mol. The molecule has 1 aliphatic heterocycles. The van der Waals surface area contributed by atoms with Gasteiger partial charge in [-0.3, -0.25) is 4.98 Å². The van der Waals surface area contributed by atoms with Gasteiger partial charge >= 0.3 is 0 Å². The highest BCUT2D eigenvalue weighted by Gasteiger charge is 2.43. The third-order valence-electron chi connectivity index (χ3n) is 4.62. The molecule has 1 saturated carbocycles. The highest BCUT2D eigenvalue weighted by atomic mass is 16.5. The number of rotatable bonds is 5. The zero-order chi connectivity index (χ0) is 14.7. The van der Waals surface area contributed by atoms with E-state index in [2.05, 4.69) is 23.3 Å². The van der Waals surface area contributed by atoms with Gasteiger partial charge in [-0.1, -0.05) is 6.92 Å². The maximum Gasteiger partial charge on any atom is 0.142 e. The first-order chi connectivity index (χ1) is 10.2. The average Bonchev–Trinajstić information content (AvgIpc) is 2.46. The molecule has 21 heavy (non-hydrogen) atoms. The summed E-state index contributed by atoms with van der Waals surface area (Å²) in [7, 11) is 0. The average molecular weight is 290 g/mol. The first-order valence-electron chi connectivity index (χ1n) is 8.19. The molecule has 1 aromatic rings. The lowest BCUT2D eigenvalue weighted by molar-refractivity contribution is -0.153. The molecule has 1 N–H and O–H groups in total. The summed E-state index contributed by atoms with van der Waals surface area (Å²) in [5.74, 6) is 0.933. The quantitative estimate of drug-likeness (QED) is 0.905. The van der Waals surface area contributed by atoms with E-state index in [1.807, 2.05) is 13.0 Å². The van der Waals surface area contributed by atoms with E-state index in [9.17, 15) is 0 Å². The molecule has 1 spiro atoms. The Morgan fingerprint density at radius 1 is 1.43 bits per heavy atom. The van der Waals surface area contributed by atoms with Crippen molar-refractivity contribution in [1.29, 1.82) is 0 Å². The number of nitrogens with zero attached hydrogens (tertiary/aromatic N) is 1. The zero-order valence-electron chi connectivity index (χ0n) is 13.2. The van der Waals surface area contributed by atoms with Crippen molar-refractivity contribution in [3.05, 3.63) is 23.5 Å². The Labute approximate surface area is 127 Å². The maximum absolute atomic E-state index is 6.29. The van der Waals surface area contributed by atoms with Gasteiger partial charge in [0.1, 0.15) is 11.9 Å². The van der Waals surface area contributed by atoms with Gasteiger partial charge in [0.25, 0.3) is 0 Å². The minimum Gasteiger partial charge on any atom is -0.488 e. The molecule has 1 saturated heterocycles. The summed E-state index contributed by atoms with van der Waals surface area (Å²) in [6.45, 7) is 6.66. The first-order valence-corrected chi connectivity index (χ1v) is 8.19. The van der Waals surface area contributed by atoms with Crippen molar-refractivity contribution >= 4 is 0 Å². The maximum atomic E-state index is 6.29. The molecule has 4 heteroatoms. The van der Waals surface area contributed by atoms with Crippen LogP contribution >= 0.6 is 0 Å². The van der Waals surface area contributed by atoms with Crippen LogP contribution in [0.15, 0.2) is 12.1 Å². The van der Waals surface area contributed by atoms with Crippen molar-refractivity contribution in [2.24, 2.45) is 0 Å². The van der Waals surface area contributed by atoms with E-state index >= 15 is 0 Å². The predicted octanol–water partition coefficient (Wildman–Crippen LogP) is 2.98. The van der Waals surface area contributed by atoms with Crippen LogP contribution in [0.3, 0.4) is 0 Å². The van der Waals surface area contributed by atoms with Crippen LogP contribution in [0, 0.1) is 6.92 Å². The largest absolute Gasteiger partial charge is 0.488 e. The van der Waals surface area contributed by atoms with Gasteiger partial charge in [-0.25, -0.2) is 0 Å². The van der Waals surface area contributed by atoms with E-state index in [-0.39, 0.29) is 11.7 Å². The van der Waals surface area contributed by atoms with Gasteiger partial charge in [0.2, 0.25) is 0 Å². The molecule has 0 aromatic carbocycles. The summed E-state index contributed by atoms with van der Waals surface area (Å²) in [5.41, 5.74) is 2.19. The Kier molecular flexibility index (Phi) is 4.45. The van der Waals surface area contributed by atoms with Gasteiger partial charge in [0.15, 0.2) is 0 Å². The lowest BCUT2D eigenvalue weighted by Gasteiger charge is -2.47. The number of hydrogen-bond acceptors (Lipinski definition) is 4. The van der Waals surface area contributed by atoms with Gasteiger partial charge in [0.05, 0.1) is 17.9 Å². The predicted molar refractivity (Wildman–Crippen MR) is 82.5 cm³/mol. The molecule has 3 rings (SSSR count). The molecule has 116 valence electrons. The van der Waals surface area contributed by atoms with Crippen molar-refractivity contribution in [2.75, 3.05) is 13.2 Å². The second-order valence-corrected chi connectivity index (χ2v) is 6.30. The smallest absolute Gasteiger partial charge is 0.142 e. The SMILES string of the molecule is CCNCc1nc(C)ccc1OC1CCOC2(CCC2)C1. The molecule has 2 aliphatic rings. The Balaban J connectivity index is 1.68. The van der Waals surface area contributed by atoms with Gasteiger partial charge in [-0.05, 0) is 44.9 Å². The van der Waals surface area contributed by atoms with E-state index in [4.69, 9.17) is 9.47 Å². The van der Waals surface area contributed by atoms with Crippen LogP contribution in [0.2, 0.25) is 0 Å². The summed E-state index contributed by atoms with van der Waals surface area (Å²) in [5, 5.41) is 3.34. The zero-order valence-corrected chi connectivity index (χ0v) is 13.2. The Hall–Kier alpha value is -1.13. The van der Waals surface area contributed by atoms with Crippen LogP contribution in [0.1, 0.15) is 50.4 Å². The van der Waals surface area contributed by atoms with Gasteiger partial charge < -0.3 is 14.8 Å². The number of nitrogens with one attached hydrogen (secondary N) is 1. The van der Waals surface area contributed by atoms with Crippen molar-refractivity contribution in [3.63, 3.8) is 0 Å². The van der Waals surface area contributed by atoms with Crippen LogP contribution in [0.25, 0.3) is 0 Å². The van der Waals surface area contributed by atoms with Crippen LogP contribution in [-0.2, 0) is 11.3 Å². The van der Waals surface area contributed by atoms with Gasteiger partial charge in [-0.15, -0.1) is 0 Å². The molecule has 2 heterocycles. The number of hydrogen-bond donors (Lipinski definition) is 1. The van der Waals surface area contributed by atoms with Crippen LogP contribution < -0.4 is 10.1 Å². The molecule has 0 bridgehead atoms. The Bertz CT molecular complexity index is 486. The van der Waals surface area contributed by atoms with Crippen molar-refractivity contribution in [1.82, 2.24) is 10.3 Å². The Morgan fingerprint density at radius 2 is 2.29 bits per heavy atom. The molecule has 4 nitrogen and oxygen atoms in total. The summed E-state index contributed by atoms with van der Waals surface area (Å²) in [6.07, 6.45) is 5.97. The second-order valence-electron chi connectivity index (χ2n) is 6.30. The van der Waals surface area contributed by atoms with Gasteiger partial charge in [0, 0.05) is 25.1 Å². The number of aromatic nitrogens is 1. The number of pyridine rings is 1. The molecule has 1 aromatic heterocycles. The molecule has 1 unspecified atom stereocenters. The molecular formula is C17H26N2O2. The van der Waals surface area contributed by atoms with Crippen molar-refractivity contribution in [3.8, 4) is 5.75 Å². The van der Waals surface area contributed by atoms with Gasteiger partial charge in [-0.2, -0.15) is 0 Å². The highest BCUT2D eigenvalue weighted by molar-refractivity contribution is 5.29. The fourth-order valence-electron chi connectivity index (χ4n) is 3.26. The summed E-state index contributed by atoms with van der Waals surface area (Å²) in [4.78, 5) is 4.63. The molecule has 2 fully saturated rings. The van der Waals surface area contributed by atoms with Crippen molar-refractivity contribution in [2.45, 2.75) is 64.2 Å². The van der Waals surface area contributed by atoms with Crippen molar-refractivity contribution < 1.29 is 9.47 Å². The van der Waals surface area contributed by atoms with E-state index in [1.54, 1.807) is 0 Å². The summed E-state index contributed by atoms with van der Waals surface area (Å²) in [6, 6.07) is 4.10. The third kappa shape index (κ3) is 3.38. The van der Waals surface area contributed by atoms with E-state index in [1.165, 1.54) is 19.3 Å². The standard InChI is InChI=1S/C17H26N2O2/c1-3-18-12-15-16(6-5-13(2)19-15)21-14-7-10-20-17(11-14)8-4-9-17/h5-6,14,18H,3-4,7-12H2,1-2H3. The molecule has 0 amide bonds. The fraction of sp³-hybridized carbons (Fsp3) is 0.706. The number of ether oxygens (including phenoxy) is 2. The topological polar surface area (TPSA) is 43.4 Å². The normalized spacial score (nSPS) is 23.8. The van der Waals surface area contributed by atoms with Crippen LogP contribution in [0.4, 0.5) is 0 Å². The minimum atomic E-state index is 0.128. The summed E-state index contributed by atoms with van der Waals surface area (Å²) < 4.78 is 12.3. The van der Waals surface area contributed by atoms with E-state index < -0.39 is 0 Å². The fourth-order valence-corrected chi connectivity index (χ4v) is 3.26. The molecular weight excluding hydrogens is 264 g/mol.